The Labute approximate surface area is 111 Å². The van der Waals surface area contributed by atoms with Crippen LogP contribution in [0.25, 0.3) is 0 Å². The van der Waals surface area contributed by atoms with E-state index in [0.717, 1.165) is 5.01 Å². The Morgan fingerprint density at radius 2 is 2.05 bits per heavy atom. The van der Waals surface area contributed by atoms with Gasteiger partial charge in [-0.05, 0) is 20.3 Å². The van der Waals surface area contributed by atoms with Gasteiger partial charge in [-0.25, -0.2) is 5.01 Å². The molecule has 0 saturated heterocycles. The molecular formula is C12H19N3O4. The molecule has 2 N–H and O–H groups in total. The Morgan fingerprint density at radius 1 is 1.42 bits per heavy atom. The highest BCUT2D eigenvalue weighted by Gasteiger charge is 2.27. The minimum atomic E-state index is -0.901. The number of amides is 2. The van der Waals surface area contributed by atoms with Gasteiger partial charge >= 0.3 is 5.97 Å². The predicted octanol–water partition coefficient (Wildman–Crippen LogP) is 0.212. The number of carboxylic acids is 1. The van der Waals surface area contributed by atoms with Gasteiger partial charge in [-0.2, -0.15) is 5.10 Å². The molecule has 0 unspecified atom stereocenters. The second-order valence-corrected chi connectivity index (χ2v) is 5.16. The first kappa shape index (κ1) is 15.1. The second-order valence-electron chi connectivity index (χ2n) is 5.16. The maximum Gasteiger partial charge on any atom is 0.309 e. The number of nitrogens with one attached hydrogen (secondary N) is 1. The van der Waals surface area contributed by atoms with Gasteiger partial charge in [0.1, 0.15) is 5.71 Å². The van der Waals surface area contributed by atoms with Crippen molar-refractivity contribution in [3.8, 4) is 0 Å². The molecule has 1 rings (SSSR count). The van der Waals surface area contributed by atoms with Crippen molar-refractivity contribution in [2.45, 2.75) is 33.1 Å². The van der Waals surface area contributed by atoms with Crippen LogP contribution >= 0.6 is 0 Å². The number of hydrogen-bond donors (Lipinski definition) is 2. The third-order valence-corrected chi connectivity index (χ3v) is 3.08. The Balaban J connectivity index is 2.47. The van der Waals surface area contributed by atoms with Crippen molar-refractivity contribution >= 4 is 23.5 Å². The lowest BCUT2D eigenvalue weighted by atomic mass is 9.90. The fourth-order valence-corrected chi connectivity index (χ4v) is 1.53. The molecule has 0 aromatic rings. The van der Waals surface area contributed by atoms with Crippen LogP contribution in [0.15, 0.2) is 5.10 Å². The molecule has 0 aromatic heterocycles. The molecule has 2 amide bonds. The van der Waals surface area contributed by atoms with Gasteiger partial charge in [0.05, 0.1) is 5.41 Å². The number of carbonyl (C=O) groups is 3. The van der Waals surface area contributed by atoms with Crippen LogP contribution in [0.1, 0.15) is 33.1 Å². The number of hydrogen-bond acceptors (Lipinski definition) is 4. The summed E-state index contributed by atoms with van der Waals surface area (Å²) in [4.78, 5) is 33.9. The number of rotatable bonds is 5. The second kappa shape index (κ2) is 5.81. The molecule has 0 aliphatic carbocycles. The standard InChI is InChI=1S/C12H19N3O4/c1-12(2,11(18)19)6-7-13-10(17)8-4-5-9(16)15(3)14-8/h4-7H2,1-3H3,(H,13,17)(H,18,19). The highest BCUT2D eigenvalue weighted by molar-refractivity contribution is 6.39. The van der Waals surface area contributed by atoms with Crippen LogP contribution in [0.5, 0.6) is 0 Å². The van der Waals surface area contributed by atoms with Crippen molar-refractivity contribution in [1.29, 1.82) is 0 Å². The average molecular weight is 269 g/mol. The van der Waals surface area contributed by atoms with Crippen LogP contribution in [-0.4, -0.2) is 47.2 Å². The summed E-state index contributed by atoms with van der Waals surface area (Å²) in [6.07, 6.45) is 0.914. The third-order valence-electron chi connectivity index (χ3n) is 3.08. The van der Waals surface area contributed by atoms with Gasteiger partial charge in [0.2, 0.25) is 5.91 Å². The smallest absolute Gasteiger partial charge is 0.309 e. The normalized spacial score (nSPS) is 16.1. The summed E-state index contributed by atoms with van der Waals surface area (Å²) in [5.41, 5.74) is -0.579. The topological polar surface area (TPSA) is 99.1 Å². The highest BCUT2D eigenvalue weighted by Crippen LogP contribution is 2.19. The molecule has 7 nitrogen and oxygen atoms in total. The van der Waals surface area contributed by atoms with E-state index >= 15 is 0 Å². The van der Waals surface area contributed by atoms with Gasteiger partial charge in [-0.1, -0.05) is 0 Å². The molecule has 1 aliphatic rings. The Hall–Kier alpha value is -1.92. The first-order valence-electron chi connectivity index (χ1n) is 6.09. The molecular weight excluding hydrogens is 250 g/mol. The molecule has 1 aliphatic heterocycles. The van der Waals surface area contributed by atoms with Crippen molar-refractivity contribution in [2.24, 2.45) is 10.5 Å². The van der Waals surface area contributed by atoms with Crippen LogP contribution in [0.4, 0.5) is 0 Å². The summed E-state index contributed by atoms with van der Waals surface area (Å²) >= 11 is 0. The zero-order valence-corrected chi connectivity index (χ0v) is 11.4. The highest BCUT2D eigenvalue weighted by atomic mass is 16.4. The van der Waals surface area contributed by atoms with Gasteiger partial charge in [0, 0.05) is 26.4 Å². The summed E-state index contributed by atoms with van der Waals surface area (Å²) in [7, 11) is 1.50. The van der Waals surface area contributed by atoms with E-state index in [1.165, 1.54) is 7.05 Å². The van der Waals surface area contributed by atoms with E-state index in [1.54, 1.807) is 13.8 Å². The van der Waals surface area contributed by atoms with Crippen molar-refractivity contribution < 1.29 is 19.5 Å². The maximum absolute atomic E-state index is 11.8. The molecule has 0 radical (unpaired) electrons. The lowest BCUT2D eigenvalue weighted by Gasteiger charge is -2.21. The fraction of sp³-hybridized carbons (Fsp3) is 0.667. The summed E-state index contributed by atoms with van der Waals surface area (Å²) in [5, 5.41) is 16.6. The van der Waals surface area contributed by atoms with Crippen LogP contribution in [0.2, 0.25) is 0 Å². The van der Waals surface area contributed by atoms with E-state index in [2.05, 4.69) is 10.4 Å². The van der Waals surface area contributed by atoms with E-state index in [9.17, 15) is 14.4 Å². The lowest BCUT2D eigenvalue weighted by Crippen LogP contribution is -2.39. The van der Waals surface area contributed by atoms with E-state index < -0.39 is 11.4 Å². The van der Waals surface area contributed by atoms with Gasteiger partial charge < -0.3 is 10.4 Å². The van der Waals surface area contributed by atoms with Gasteiger partial charge in [-0.15, -0.1) is 0 Å². The zero-order valence-electron chi connectivity index (χ0n) is 11.4. The average Bonchev–Trinajstić information content (AvgIpc) is 2.32. The zero-order chi connectivity index (χ0) is 14.6. The summed E-state index contributed by atoms with van der Waals surface area (Å²) in [5.74, 6) is -1.37. The van der Waals surface area contributed by atoms with Crippen molar-refractivity contribution in [2.75, 3.05) is 13.6 Å². The first-order chi connectivity index (χ1) is 8.74. The quantitative estimate of drug-likeness (QED) is 0.745. The maximum atomic E-state index is 11.8. The predicted molar refractivity (Wildman–Crippen MR) is 68.5 cm³/mol. The van der Waals surface area contributed by atoms with Crippen molar-refractivity contribution in [3.05, 3.63) is 0 Å². The molecule has 0 bridgehead atoms. The fourth-order valence-electron chi connectivity index (χ4n) is 1.53. The van der Waals surface area contributed by atoms with Gasteiger partial charge in [0.15, 0.2) is 0 Å². The van der Waals surface area contributed by atoms with Gasteiger partial charge in [0.25, 0.3) is 5.91 Å². The number of carboxylic acid groups (broad SMARTS) is 1. The van der Waals surface area contributed by atoms with E-state index in [4.69, 9.17) is 5.11 Å². The number of nitrogens with zero attached hydrogens (tertiary/aromatic N) is 2. The molecule has 0 atom stereocenters. The molecule has 19 heavy (non-hydrogen) atoms. The first-order valence-corrected chi connectivity index (χ1v) is 6.09. The number of carbonyl (C=O) groups excluding carboxylic acids is 2. The lowest BCUT2D eigenvalue weighted by molar-refractivity contribution is -0.147. The van der Waals surface area contributed by atoms with Crippen LogP contribution in [0, 0.1) is 5.41 Å². The summed E-state index contributed by atoms with van der Waals surface area (Å²) < 4.78 is 0. The molecule has 106 valence electrons. The number of hydrazone groups is 1. The molecule has 0 fully saturated rings. The monoisotopic (exact) mass is 269 g/mol. The minimum absolute atomic E-state index is 0.122. The Bertz CT molecular complexity index is 429. The van der Waals surface area contributed by atoms with Crippen LogP contribution < -0.4 is 5.32 Å². The Kier molecular flexibility index (Phi) is 4.63. The SMILES string of the molecule is CN1N=C(C(=O)NCCC(C)(C)C(=O)O)CCC1=O. The number of aliphatic carboxylic acids is 1. The molecule has 1 heterocycles. The molecule has 0 saturated carbocycles. The van der Waals surface area contributed by atoms with Gasteiger partial charge in [-0.3, -0.25) is 14.4 Å². The van der Waals surface area contributed by atoms with Crippen molar-refractivity contribution in [3.63, 3.8) is 0 Å². The summed E-state index contributed by atoms with van der Waals surface area (Å²) in [6.45, 7) is 3.47. The minimum Gasteiger partial charge on any atom is -0.481 e. The molecule has 0 aromatic carbocycles. The van der Waals surface area contributed by atoms with E-state index in [-0.39, 0.29) is 24.8 Å². The van der Waals surface area contributed by atoms with E-state index in [0.29, 0.717) is 18.6 Å². The van der Waals surface area contributed by atoms with Crippen LogP contribution in [-0.2, 0) is 14.4 Å². The largest absolute Gasteiger partial charge is 0.481 e. The Morgan fingerprint density at radius 3 is 2.58 bits per heavy atom. The molecule has 0 spiro atoms. The van der Waals surface area contributed by atoms with E-state index in [1.807, 2.05) is 0 Å². The van der Waals surface area contributed by atoms with Crippen molar-refractivity contribution in [1.82, 2.24) is 10.3 Å². The third kappa shape index (κ3) is 4.04. The van der Waals surface area contributed by atoms with Crippen LogP contribution in [0.3, 0.4) is 0 Å². The molecule has 7 heteroatoms. The summed E-state index contributed by atoms with van der Waals surface area (Å²) in [6, 6.07) is 0.